The highest BCUT2D eigenvalue weighted by molar-refractivity contribution is 7.91. The van der Waals surface area contributed by atoms with Gasteiger partial charge in [0.2, 0.25) is 11.7 Å². The molecule has 1 unspecified atom stereocenters. The van der Waals surface area contributed by atoms with Crippen molar-refractivity contribution in [2.75, 3.05) is 0 Å². The van der Waals surface area contributed by atoms with Crippen molar-refractivity contribution in [1.29, 1.82) is 0 Å². The molecule has 1 saturated heterocycles. The Labute approximate surface area is 216 Å². The highest BCUT2D eigenvalue weighted by Crippen LogP contribution is 2.35. The molecule has 3 aromatic rings. The van der Waals surface area contributed by atoms with Gasteiger partial charge in [-0.05, 0) is 48.8 Å². The molecule has 0 aliphatic carbocycles. The number of carbonyl (C=O) groups is 1. The maximum absolute atomic E-state index is 13.2. The van der Waals surface area contributed by atoms with E-state index in [9.17, 15) is 26.4 Å². The molecule has 1 amide bonds. The molecule has 1 fully saturated rings. The second-order valence-electron chi connectivity index (χ2n) is 8.11. The number of nitrogens with one attached hydrogen (secondary N) is 1. The zero-order valence-electron chi connectivity index (χ0n) is 18.7. The minimum absolute atomic E-state index is 0.0538. The molecular weight excluding hydrogens is 558 g/mol. The third-order valence-corrected chi connectivity index (χ3v) is 9.90. The molecule has 4 heterocycles. The molecule has 8 nitrogen and oxygen atoms in total. The third kappa shape index (κ3) is 5.55. The summed E-state index contributed by atoms with van der Waals surface area (Å²) >= 11 is 6.85. The molecule has 1 N–H and O–H groups in total. The van der Waals surface area contributed by atoms with Gasteiger partial charge < -0.3 is 5.32 Å². The van der Waals surface area contributed by atoms with Gasteiger partial charge in [0, 0.05) is 36.7 Å². The van der Waals surface area contributed by atoms with Gasteiger partial charge in [0.25, 0.3) is 10.0 Å². The van der Waals surface area contributed by atoms with Crippen LogP contribution in [-0.4, -0.2) is 45.7 Å². The molecular formula is C21H20ClF3N5O3PS2. The molecule has 3 atom stereocenters. The zero-order valence-corrected chi connectivity index (χ0v) is 22.2. The molecule has 0 spiro atoms. The summed E-state index contributed by atoms with van der Waals surface area (Å²) in [4.78, 5) is 24.0. The number of carbonyl (C=O) groups excluding carboxylic acids is 1. The van der Waals surface area contributed by atoms with Crippen LogP contribution in [0.4, 0.5) is 13.2 Å². The fourth-order valence-electron chi connectivity index (χ4n) is 3.88. The molecule has 192 valence electrons. The van der Waals surface area contributed by atoms with Crippen molar-refractivity contribution in [3.05, 3.63) is 52.5 Å². The average Bonchev–Trinajstić information content (AvgIpc) is 3.44. The van der Waals surface area contributed by atoms with Gasteiger partial charge in [0.15, 0.2) is 0 Å². The van der Waals surface area contributed by atoms with Crippen molar-refractivity contribution >= 4 is 53.4 Å². The van der Waals surface area contributed by atoms with Gasteiger partial charge in [0.05, 0.1) is 10.0 Å². The highest BCUT2D eigenvalue weighted by atomic mass is 35.5. The summed E-state index contributed by atoms with van der Waals surface area (Å²) < 4.78 is 66.2. The Kier molecular flexibility index (Phi) is 7.68. The van der Waals surface area contributed by atoms with Crippen LogP contribution in [0.25, 0.3) is 11.3 Å². The Bertz CT molecular complexity index is 1390. The Morgan fingerprint density at radius 1 is 1.22 bits per heavy atom. The van der Waals surface area contributed by atoms with Crippen LogP contribution in [0.5, 0.6) is 0 Å². The number of halogens is 4. The van der Waals surface area contributed by atoms with Crippen molar-refractivity contribution in [3.63, 3.8) is 0 Å². The largest absolute Gasteiger partial charge is 0.451 e. The van der Waals surface area contributed by atoms with Crippen LogP contribution >= 0.6 is 32.2 Å². The Hall–Kier alpha value is -2.18. The van der Waals surface area contributed by atoms with E-state index in [1.54, 1.807) is 13.0 Å². The summed E-state index contributed by atoms with van der Waals surface area (Å²) in [5.41, 5.74) is 1.23. The summed E-state index contributed by atoms with van der Waals surface area (Å²) in [6.45, 7) is 1.81. The van der Waals surface area contributed by atoms with Crippen molar-refractivity contribution in [2.24, 2.45) is 0 Å². The van der Waals surface area contributed by atoms with E-state index in [0.29, 0.717) is 33.7 Å². The first kappa shape index (κ1) is 26.9. The lowest BCUT2D eigenvalue weighted by Crippen LogP contribution is -2.48. The average molecular weight is 578 g/mol. The molecule has 0 aromatic carbocycles. The first-order valence-electron chi connectivity index (χ1n) is 10.6. The van der Waals surface area contributed by atoms with E-state index >= 15 is 0 Å². The lowest BCUT2D eigenvalue weighted by molar-refractivity contribution is -0.145. The van der Waals surface area contributed by atoms with Crippen LogP contribution in [0, 0.1) is 0 Å². The number of rotatable bonds is 6. The predicted molar refractivity (Wildman–Crippen MR) is 132 cm³/mol. The number of nitrogens with zero attached hydrogens (tertiary/aromatic N) is 4. The number of aromatic nitrogens is 3. The van der Waals surface area contributed by atoms with Crippen molar-refractivity contribution < 1.29 is 26.4 Å². The summed E-state index contributed by atoms with van der Waals surface area (Å²) in [6.07, 6.45) is -0.207. The molecule has 0 saturated carbocycles. The lowest BCUT2D eigenvalue weighted by atomic mass is 10.1. The van der Waals surface area contributed by atoms with E-state index in [-0.39, 0.29) is 22.4 Å². The summed E-state index contributed by atoms with van der Waals surface area (Å²) in [5, 5.41) is 3.44. The van der Waals surface area contributed by atoms with Gasteiger partial charge >= 0.3 is 6.18 Å². The monoisotopic (exact) mass is 577 g/mol. The zero-order chi connectivity index (χ0) is 26.3. The molecule has 36 heavy (non-hydrogen) atoms. The molecule has 0 radical (unpaired) electrons. The maximum Gasteiger partial charge on any atom is 0.451 e. The maximum atomic E-state index is 13.2. The second kappa shape index (κ2) is 10.3. The minimum atomic E-state index is -4.65. The fourth-order valence-corrected chi connectivity index (χ4v) is 7.56. The predicted octanol–water partition coefficient (Wildman–Crippen LogP) is 3.63. The van der Waals surface area contributed by atoms with E-state index in [4.69, 9.17) is 11.6 Å². The third-order valence-electron chi connectivity index (χ3n) is 5.66. The first-order chi connectivity index (χ1) is 16.9. The Balaban J connectivity index is 1.50. The van der Waals surface area contributed by atoms with Gasteiger partial charge in [-0.3, -0.25) is 9.78 Å². The number of hydrogen-bond donors (Lipinski definition) is 1. The number of hydrogen-bond acceptors (Lipinski definition) is 7. The number of amides is 1. The van der Waals surface area contributed by atoms with E-state index in [1.165, 1.54) is 22.6 Å². The van der Waals surface area contributed by atoms with Crippen LogP contribution in [0.1, 0.15) is 31.2 Å². The van der Waals surface area contributed by atoms with Gasteiger partial charge in [0.1, 0.15) is 10.3 Å². The van der Waals surface area contributed by atoms with Crippen molar-refractivity contribution in [2.45, 2.75) is 48.8 Å². The first-order valence-corrected chi connectivity index (χ1v) is 13.8. The second-order valence-corrected chi connectivity index (χ2v) is 12.5. The molecule has 3 aromatic heterocycles. The van der Waals surface area contributed by atoms with Crippen LogP contribution in [0.15, 0.2) is 41.0 Å². The number of sulfonamides is 1. The SMILES string of the molecule is C[C@H]1CC[C@@H](C(=O)NCc2cc(-c3cnc(C(F)(F)F)nc3)ncc2P)N1S(=O)(=O)c1ccc(Cl)s1. The topological polar surface area (TPSA) is 105 Å². The molecule has 1 aliphatic rings. The van der Waals surface area contributed by atoms with Crippen LogP contribution in [0.2, 0.25) is 4.34 Å². The van der Waals surface area contributed by atoms with Gasteiger partial charge in [-0.15, -0.1) is 20.6 Å². The Morgan fingerprint density at radius 2 is 1.92 bits per heavy atom. The number of thiophene rings is 1. The van der Waals surface area contributed by atoms with E-state index in [0.717, 1.165) is 23.7 Å². The summed E-state index contributed by atoms with van der Waals surface area (Å²) in [6, 6.07) is 3.28. The normalized spacial score (nSPS) is 18.9. The summed E-state index contributed by atoms with van der Waals surface area (Å²) in [7, 11) is -1.44. The molecule has 15 heteroatoms. The van der Waals surface area contributed by atoms with E-state index in [1.807, 2.05) is 0 Å². The molecule has 0 bridgehead atoms. The molecule has 1 aliphatic heterocycles. The smallest absolute Gasteiger partial charge is 0.351 e. The lowest BCUT2D eigenvalue weighted by Gasteiger charge is -2.26. The van der Waals surface area contributed by atoms with Gasteiger partial charge in [-0.2, -0.15) is 17.5 Å². The minimum Gasteiger partial charge on any atom is -0.351 e. The van der Waals surface area contributed by atoms with Crippen molar-refractivity contribution in [1.82, 2.24) is 24.6 Å². The summed E-state index contributed by atoms with van der Waals surface area (Å²) in [5.74, 6) is -1.71. The quantitative estimate of drug-likeness (QED) is 0.449. The Morgan fingerprint density at radius 3 is 2.53 bits per heavy atom. The van der Waals surface area contributed by atoms with Crippen LogP contribution in [-0.2, 0) is 27.5 Å². The van der Waals surface area contributed by atoms with Crippen LogP contribution < -0.4 is 10.6 Å². The highest BCUT2D eigenvalue weighted by Gasteiger charge is 2.44. The standard InChI is InChI=1S/C21H20ClF3N5O3PS2/c1-11-2-3-15(30(11)36(32,33)18-5-4-17(22)35-18)19(31)27-7-12-6-14(26-10-16(12)34)13-8-28-20(29-9-13)21(23,24)25/h4-6,8-11,15H,2-3,7,34H2,1H3,(H,27,31)/t11-,15-/m0/s1. The van der Waals surface area contributed by atoms with Gasteiger partial charge in [-0.1, -0.05) is 11.6 Å². The van der Waals surface area contributed by atoms with Crippen molar-refractivity contribution in [3.8, 4) is 11.3 Å². The van der Waals surface area contributed by atoms with E-state index in [2.05, 4.69) is 29.5 Å². The fraction of sp³-hybridized carbons (Fsp3) is 0.333. The number of alkyl halides is 3. The van der Waals surface area contributed by atoms with Crippen LogP contribution in [0.3, 0.4) is 0 Å². The van der Waals surface area contributed by atoms with E-state index < -0.39 is 34.0 Å². The van der Waals surface area contributed by atoms with Gasteiger partial charge in [-0.25, -0.2) is 18.4 Å². The molecule has 4 rings (SSSR count). The number of pyridine rings is 1.